The van der Waals surface area contributed by atoms with Crippen LogP contribution >= 0.6 is 0 Å². The van der Waals surface area contributed by atoms with E-state index in [1.54, 1.807) is 12.1 Å². The molecule has 2 heteroatoms. The summed E-state index contributed by atoms with van der Waals surface area (Å²) >= 11 is 0. The Balaban J connectivity index is 2.86. The van der Waals surface area contributed by atoms with Crippen LogP contribution in [0.15, 0.2) is 29.8 Å². The van der Waals surface area contributed by atoms with Gasteiger partial charge >= 0.3 is 0 Å². The van der Waals surface area contributed by atoms with Crippen LogP contribution < -0.4 is 0 Å². The topological polar surface area (TPSA) is 23.9 Å². The summed E-state index contributed by atoms with van der Waals surface area (Å²) in [5.74, 6) is -0.231. The third kappa shape index (κ3) is 2.80. The summed E-state index contributed by atoms with van der Waals surface area (Å²) in [6, 6.07) is 6.27. The number of halogens is 1. The fourth-order valence-corrected chi connectivity index (χ4v) is 1.17. The molecule has 1 aromatic carbocycles. The lowest BCUT2D eigenvalue weighted by molar-refractivity contribution is 0.628. The minimum atomic E-state index is -0.231. The quantitative estimate of drug-likeness (QED) is 0.705. The van der Waals surface area contributed by atoms with Gasteiger partial charge in [-0.25, -0.2) is 4.39 Å². The molecule has 0 saturated heterocycles. The lowest BCUT2D eigenvalue weighted by atomic mass is 10.1. The number of nitrogens with one attached hydrogen (secondary N) is 1. The van der Waals surface area contributed by atoms with Crippen LogP contribution in [0.4, 0.5) is 4.39 Å². The highest BCUT2D eigenvalue weighted by atomic mass is 19.1. The molecule has 0 aromatic heterocycles. The second kappa shape index (κ2) is 4.70. The highest BCUT2D eigenvalue weighted by Crippen LogP contribution is 2.09. The summed E-state index contributed by atoms with van der Waals surface area (Å²) in [5.41, 5.74) is 2.48. The van der Waals surface area contributed by atoms with Crippen LogP contribution in [0.25, 0.3) is 6.08 Å². The van der Waals surface area contributed by atoms with Crippen LogP contribution in [0.2, 0.25) is 0 Å². The van der Waals surface area contributed by atoms with Crippen LogP contribution in [0.1, 0.15) is 25.8 Å². The van der Waals surface area contributed by atoms with Crippen LogP contribution in [-0.4, -0.2) is 5.71 Å². The summed E-state index contributed by atoms with van der Waals surface area (Å²) < 4.78 is 12.6. The van der Waals surface area contributed by atoms with E-state index in [9.17, 15) is 4.39 Å². The third-order valence-electron chi connectivity index (χ3n) is 2.08. The van der Waals surface area contributed by atoms with Crippen molar-refractivity contribution < 1.29 is 4.39 Å². The largest absolute Gasteiger partial charge is 0.305 e. The smallest absolute Gasteiger partial charge is 0.123 e. The van der Waals surface area contributed by atoms with Gasteiger partial charge in [-0.2, -0.15) is 0 Å². The number of hydrogen-bond donors (Lipinski definition) is 1. The average Bonchev–Trinajstić information content (AvgIpc) is 2.20. The molecule has 0 spiro atoms. The van der Waals surface area contributed by atoms with Crippen molar-refractivity contribution in [3.8, 4) is 0 Å². The minimum Gasteiger partial charge on any atom is -0.305 e. The van der Waals surface area contributed by atoms with Gasteiger partial charge < -0.3 is 5.41 Å². The Labute approximate surface area is 83.8 Å². The lowest BCUT2D eigenvalue weighted by Crippen LogP contribution is -1.94. The second-order valence-corrected chi connectivity index (χ2v) is 3.21. The summed E-state index contributed by atoms with van der Waals surface area (Å²) in [6.45, 7) is 3.85. The number of allylic oxidation sites excluding steroid dienone is 1. The molecule has 0 atom stereocenters. The highest BCUT2D eigenvalue weighted by molar-refractivity contribution is 6.00. The molecule has 1 rings (SSSR count). The molecule has 1 nitrogen and oxygen atoms in total. The van der Waals surface area contributed by atoms with Crippen LogP contribution in [0.3, 0.4) is 0 Å². The maximum Gasteiger partial charge on any atom is 0.123 e. The van der Waals surface area contributed by atoms with Crippen LogP contribution in [-0.2, 0) is 0 Å². The van der Waals surface area contributed by atoms with Gasteiger partial charge in [0.1, 0.15) is 5.82 Å². The van der Waals surface area contributed by atoms with Gasteiger partial charge in [0.2, 0.25) is 0 Å². The van der Waals surface area contributed by atoms with E-state index in [-0.39, 0.29) is 5.82 Å². The van der Waals surface area contributed by atoms with Crippen molar-refractivity contribution in [3.63, 3.8) is 0 Å². The maximum absolute atomic E-state index is 12.6. The van der Waals surface area contributed by atoms with E-state index in [1.807, 2.05) is 19.9 Å². The molecule has 0 heterocycles. The van der Waals surface area contributed by atoms with Crippen molar-refractivity contribution >= 4 is 11.8 Å². The minimum absolute atomic E-state index is 0.231. The Morgan fingerprint density at radius 1 is 1.36 bits per heavy atom. The number of rotatable bonds is 3. The zero-order valence-electron chi connectivity index (χ0n) is 8.47. The summed E-state index contributed by atoms with van der Waals surface area (Å²) in [6.07, 6.45) is 2.62. The fourth-order valence-electron chi connectivity index (χ4n) is 1.17. The molecule has 1 N–H and O–H groups in total. The summed E-state index contributed by atoms with van der Waals surface area (Å²) in [5, 5.41) is 7.59. The lowest BCUT2D eigenvalue weighted by Gasteiger charge is -2.00. The molecule has 1 aromatic rings. The van der Waals surface area contributed by atoms with Gasteiger partial charge in [0.25, 0.3) is 0 Å². The Kier molecular flexibility index (Phi) is 3.57. The number of benzene rings is 1. The summed E-state index contributed by atoms with van der Waals surface area (Å²) in [7, 11) is 0. The Bertz CT molecular complexity index is 349. The van der Waals surface area contributed by atoms with Gasteiger partial charge in [-0.15, -0.1) is 0 Å². The SMILES string of the molecule is CCC(=N)/C(C)=C/c1ccc(F)cc1. The van der Waals surface area contributed by atoms with Crippen molar-refractivity contribution in [2.75, 3.05) is 0 Å². The first-order valence-electron chi connectivity index (χ1n) is 4.65. The van der Waals surface area contributed by atoms with Crippen molar-refractivity contribution in [2.45, 2.75) is 20.3 Å². The normalized spacial score (nSPS) is 11.5. The third-order valence-corrected chi connectivity index (χ3v) is 2.08. The molecule has 0 aliphatic rings. The van der Waals surface area contributed by atoms with Gasteiger partial charge in [0, 0.05) is 5.71 Å². The first-order valence-corrected chi connectivity index (χ1v) is 4.65. The predicted octanol–water partition coefficient (Wildman–Crippen LogP) is 3.66. The summed E-state index contributed by atoms with van der Waals surface area (Å²) in [4.78, 5) is 0. The maximum atomic E-state index is 12.6. The van der Waals surface area contributed by atoms with Crippen LogP contribution in [0, 0.1) is 11.2 Å². The van der Waals surface area contributed by atoms with Gasteiger partial charge in [0.05, 0.1) is 0 Å². The van der Waals surface area contributed by atoms with E-state index >= 15 is 0 Å². The van der Waals surface area contributed by atoms with E-state index in [0.717, 1.165) is 17.6 Å². The van der Waals surface area contributed by atoms with Crippen molar-refractivity contribution in [1.82, 2.24) is 0 Å². The molecule has 0 bridgehead atoms. The van der Waals surface area contributed by atoms with E-state index < -0.39 is 0 Å². The van der Waals surface area contributed by atoms with E-state index in [1.165, 1.54) is 12.1 Å². The first-order chi connectivity index (χ1) is 6.63. The molecular weight excluding hydrogens is 177 g/mol. The number of hydrogen-bond acceptors (Lipinski definition) is 1. The van der Waals surface area contributed by atoms with Crippen molar-refractivity contribution in [2.24, 2.45) is 0 Å². The van der Waals surface area contributed by atoms with Crippen molar-refractivity contribution in [1.29, 1.82) is 5.41 Å². The monoisotopic (exact) mass is 191 g/mol. The van der Waals surface area contributed by atoms with E-state index in [4.69, 9.17) is 5.41 Å². The van der Waals surface area contributed by atoms with Gasteiger partial charge in [-0.05, 0) is 36.6 Å². The molecule has 0 amide bonds. The highest BCUT2D eigenvalue weighted by Gasteiger charge is 1.96. The van der Waals surface area contributed by atoms with E-state index in [0.29, 0.717) is 5.71 Å². The fraction of sp³-hybridized carbons (Fsp3) is 0.250. The second-order valence-electron chi connectivity index (χ2n) is 3.21. The molecule has 0 radical (unpaired) electrons. The molecule has 0 saturated carbocycles. The van der Waals surface area contributed by atoms with Crippen LogP contribution in [0.5, 0.6) is 0 Å². The Morgan fingerprint density at radius 3 is 2.43 bits per heavy atom. The molecule has 14 heavy (non-hydrogen) atoms. The predicted molar refractivity (Wildman–Crippen MR) is 58.1 cm³/mol. The molecule has 74 valence electrons. The standard InChI is InChI=1S/C12H14FN/c1-3-12(14)9(2)8-10-4-6-11(13)7-5-10/h4-8,14H,3H2,1-2H3/b9-8+,14-12?. The molecule has 0 fully saturated rings. The Morgan fingerprint density at radius 2 is 1.93 bits per heavy atom. The van der Waals surface area contributed by atoms with E-state index in [2.05, 4.69) is 0 Å². The first kappa shape index (κ1) is 10.6. The zero-order chi connectivity index (χ0) is 10.6. The Hall–Kier alpha value is -1.44. The van der Waals surface area contributed by atoms with Crippen molar-refractivity contribution in [3.05, 3.63) is 41.2 Å². The zero-order valence-corrected chi connectivity index (χ0v) is 8.47. The van der Waals surface area contributed by atoms with Gasteiger partial charge in [-0.1, -0.05) is 25.1 Å². The molecule has 0 aliphatic heterocycles. The molecule has 0 unspecified atom stereocenters. The molecule has 0 aliphatic carbocycles. The molecular formula is C12H14FN. The van der Waals surface area contributed by atoms with Gasteiger partial charge in [0.15, 0.2) is 0 Å². The van der Waals surface area contributed by atoms with Gasteiger partial charge in [-0.3, -0.25) is 0 Å². The average molecular weight is 191 g/mol.